The van der Waals surface area contributed by atoms with Crippen LogP contribution in [-0.2, 0) is 9.53 Å². The Morgan fingerprint density at radius 2 is 1.54 bits per heavy atom. The van der Waals surface area contributed by atoms with E-state index in [1.807, 2.05) is 66.7 Å². The van der Waals surface area contributed by atoms with Crippen LogP contribution in [0.5, 0.6) is 5.75 Å². The van der Waals surface area contributed by atoms with Gasteiger partial charge in [0.2, 0.25) is 5.78 Å². The molecule has 3 aromatic rings. The summed E-state index contributed by atoms with van der Waals surface area (Å²) in [4.78, 5) is 25.0. The molecular formula is C23H18O4S. The number of fused-ring (bicyclic) bond motifs is 1. The Labute approximate surface area is 167 Å². The molecule has 0 saturated carbocycles. The van der Waals surface area contributed by atoms with E-state index >= 15 is 0 Å². The maximum Gasteiger partial charge on any atom is 0.304 e. The third kappa shape index (κ3) is 3.29. The van der Waals surface area contributed by atoms with Gasteiger partial charge in [-0.1, -0.05) is 72.4 Å². The summed E-state index contributed by atoms with van der Waals surface area (Å²) < 4.78 is 12.0. The number of ketones is 1. The minimum atomic E-state index is -1.57. The standard InChI is InChI=1S/C23H18O4S/c1-16(24)27-23(28-18-12-6-3-7-13-18)21(25)19-14-8-9-15-20(19)26-22(23)17-10-4-2-5-11-17/h2-15,22H,1H3. The lowest BCUT2D eigenvalue weighted by Gasteiger charge is -2.41. The molecule has 140 valence electrons. The summed E-state index contributed by atoms with van der Waals surface area (Å²) in [5.41, 5.74) is 1.16. The second kappa shape index (κ2) is 7.52. The molecule has 0 radical (unpaired) electrons. The highest BCUT2D eigenvalue weighted by Gasteiger charge is 2.56. The molecule has 2 unspecified atom stereocenters. The molecule has 1 aliphatic rings. The summed E-state index contributed by atoms with van der Waals surface area (Å²) >= 11 is 1.20. The number of rotatable bonds is 4. The van der Waals surface area contributed by atoms with Gasteiger partial charge in [0.25, 0.3) is 4.93 Å². The molecule has 4 nitrogen and oxygen atoms in total. The molecule has 0 N–H and O–H groups in total. The van der Waals surface area contributed by atoms with E-state index in [2.05, 4.69) is 0 Å². The fraction of sp³-hybridized carbons (Fsp3) is 0.130. The Hall–Kier alpha value is -3.05. The zero-order valence-corrected chi connectivity index (χ0v) is 16.0. The molecule has 3 aromatic carbocycles. The van der Waals surface area contributed by atoms with E-state index in [1.54, 1.807) is 18.2 Å². The molecule has 28 heavy (non-hydrogen) atoms. The molecule has 0 fully saturated rings. The number of benzene rings is 3. The SMILES string of the molecule is CC(=O)OC1(Sc2ccccc2)C(=O)c2ccccc2OC1c1ccccc1. The van der Waals surface area contributed by atoms with E-state index < -0.39 is 17.0 Å². The Kier molecular flexibility index (Phi) is 4.92. The molecule has 4 rings (SSSR count). The second-order valence-corrected chi connectivity index (χ2v) is 7.69. The molecule has 2 atom stereocenters. The van der Waals surface area contributed by atoms with E-state index in [0.717, 1.165) is 10.5 Å². The van der Waals surface area contributed by atoms with Gasteiger partial charge in [0, 0.05) is 11.8 Å². The quantitative estimate of drug-likeness (QED) is 0.461. The molecule has 0 spiro atoms. The molecule has 1 heterocycles. The molecule has 0 aliphatic carbocycles. The largest absolute Gasteiger partial charge is 0.479 e. The summed E-state index contributed by atoms with van der Waals surface area (Å²) in [7, 11) is 0. The highest BCUT2D eigenvalue weighted by molar-refractivity contribution is 8.01. The number of carbonyl (C=O) groups is 2. The molecule has 5 heteroatoms. The van der Waals surface area contributed by atoms with Crippen LogP contribution in [0.25, 0.3) is 0 Å². The van der Waals surface area contributed by atoms with Crippen molar-refractivity contribution in [3.63, 3.8) is 0 Å². The van der Waals surface area contributed by atoms with Gasteiger partial charge in [-0.2, -0.15) is 0 Å². The Balaban J connectivity index is 1.92. The van der Waals surface area contributed by atoms with Crippen molar-refractivity contribution in [2.75, 3.05) is 0 Å². The van der Waals surface area contributed by atoms with E-state index in [0.29, 0.717) is 11.3 Å². The van der Waals surface area contributed by atoms with Crippen LogP contribution in [-0.4, -0.2) is 16.7 Å². The smallest absolute Gasteiger partial charge is 0.304 e. The predicted molar refractivity (Wildman–Crippen MR) is 107 cm³/mol. The highest BCUT2D eigenvalue weighted by Crippen LogP contribution is 2.51. The summed E-state index contributed by atoms with van der Waals surface area (Å²) in [6, 6.07) is 25.8. The van der Waals surface area contributed by atoms with Gasteiger partial charge in [-0.3, -0.25) is 9.59 Å². The Morgan fingerprint density at radius 3 is 2.21 bits per heavy atom. The van der Waals surface area contributed by atoms with Crippen LogP contribution in [0, 0.1) is 0 Å². The fourth-order valence-electron chi connectivity index (χ4n) is 3.28. The second-order valence-electron chi connectivity index (χ2n) is 6.41. The average molecular weight is 390 g/mol. The zero-order chi connectivity index (χ0) is 19.6. The van der Waals surface area contributed by atoms with Crippen molar-refractivity contribution in [1.82, 2.24) is 0 Å². The van der Waals surface area contributed by atoms with Gasteiger partial charge in [0.15, 0.2) is 6.10 Å². The highest BCUT2D eigenvalue weighted by atomic mass is 32.2. The van der Waals surface area contributed by atoms with Crippen molar-refractivity contribution in [2.24, 2.45) is 0 Å². The molecule has 0 saturated heterocycles. The number of esters is 1. The van der Waals surface area contributed by atoms with Crippen molar-refractivity contribution in [2.45, 2.75) is 22.9 Å². The zero-order valence-electron chi connectivity index (χ0n) is 15.2. The minimum Gasteiger partial charge on any atom is -0.479 e. The number of para-hydroxylation sites is 1. The Bertz CT molecular complexity index is 1000. The molecule has 0 amide bonds. The van der Waals surface area contributed by atoms with Crippen LogP contribution in [0.2, 0.25) is 0 Å². The number of thioether (sulfide) groups is 1. The lowest BCUT2D eigenvalue weighted by molar-refractivity contribution is -0.152. The summed E-state index contributed by atoms with van der Waals surface area (Å²) in [6.07, 6.45) is -0.787. The number of Topliss-reactive ketones (excluding diaryl/α,β-unsaturated/α-hetero) is 1. The van der Waals surface area contributed by atoms with Crippen molar-refractivity contribution in [1.29, 1.82) is 0 Å². The molecule has 0 aromatic heterocycles. The van der Waals surface area contributed by atoms with Gasteiger partial charge < -0.3 is 9.47 Å². The summed E-state index contributed by atoms with van der Waals surface area (Å²) in [5.74, 6) is -0.342. The van der Waals surface area contributed by atoms with Crippen LogP contribution >= 0.6 is 11.8 Å². The lowest BCUT2D eigenvalue weighted by atomic mass is 9.92. The summed E-state index contributed by atoms with van der Waals surface area (Å²) in [5, 5.41) is 0. The maximum absolute atomic E-state index is 13.7. The van der Waals surface area contributed by atoms with Gasteiger partial charge in [0.1, 0.15) is 5.75 Å². The van der Waals surface area contributed by atoms with Crippen molar-refractivity contribution < 1.29 is 19.1 Å². The minimum absolute atomic E-state index is 0.285. The van der Waals surface area contributed by atoms with Crippen LogP contribution in [0.15, 0.2) is 89.8 Å². The maximum atomic E-state index is 13.7. The first kappa shape index (κ1) is 18.3. The van der Waals surface area contributed by atoms with Crippen molar-refractivity contribution >= 4 is 23.5 Å². The Morgan fingerprint density at radius 1 is 0.929 bits per heavy atom. The average Bonchev–Trinajstić information content (AvgIpc) is 2.72. The van der Waals surface area contributed by atoms with Gasteiger partial charge in [-0.05, 0) is 29.8 Å². The number of hydrogen-bond donors (Lipinski definition) is 0. The van der Waals surface area contributed by atoms with E-state index in [9.17, 15) is 9.59 Å². The normalized spacial score (nSPS) is 20.8. The van der Waals surface area contributed by atoms with E-state index in [4.69, 9.17) is 9.47 Å². The van der Waals surface area contributed by atoms with Gasteiger partial charge in [-0.15, -0.1) is 0 Å². The van der Waals surface area contributed by atoms with Crippen molar-refractivity contribution in [3.8, 4) is 5.75 Å². The van der Waals surface area contributed by atoms with E-state index in [1.165, 1.54) is 18.7 Å². The molecular weight excluding hydrogens is 372 g/mol. The molecule has 0 bridgehead atoms. The monoisotopic (exact) mass is 390 g/mol. The first-order chi connectivity index (χ1) is 13.6. The third-order valence-corrected chi connectivity index (χ3v) is 5.74. The lowest BCUT2D eigenvalue weighted by Crippen LogP contribution is -2.50. The van der Waals surface area contributed by atoms with Crippen LogP contribution in [0.4, 0.5) is 0 Å². The first-order valence-corrected chi connectivity index (χ1v) is 9.71. The van der Waals surface area contributed by atoms with Crippen LogP contribution < -0.4 is 4.74 Å². The van der Waals surface area contributed by atoms with Crippen molar-refractivity contribution in [3.05, 3.63) is 96.1 Å². The van der Waals surface area contributed by atoms with E-state index in [-0.39, 0.29) is 5.78 Å². The number of carbonyl (C=O) groups excluding carboxylic acids is 2. The first-order valence-electron chi connectivity index (χ1n) is 8.89. The third-order valence-electron chi connectivity index (χ3n) is 4.45. The predicted octanol–water partition coefficient (Wildman–Crippen LogP) is 5.05. The van der Waals surface area contributed by atoms with Gasteiger partial charge in [0.05, 0.1) is 5.56 Å². The van der Waals surface area contributed by atoms with Gasteiger partial charge in [-0.25, -0.2) is 0 Å². The van der Waals surface area contributed by atoms with Crippen LogP contribution in [0.1, 0.15) is 28.9 Å². The van der Waals surface area contributed by atoms with Crippen LogP contribution in [0.3, 0.4) is 0 Å². The fourth-order valence-corrected chi connectivity index (χ4v) is 4.58. The topological polar surface area (TPSA) is 52.6 Å². The molecule has 1 aliphatic heterocycles. The van der Waals surface area contributed by atoms with Gasteiger partial charge >= 0.3 is 5.97 Å². The number of hydrogen-bond acceptors (Lipinski definition) is 5. The number of ether oxygens (including phenoxy) is 2. The summed E-state index contributed by atoms with van der Waals surface area (Å²) in [6.45, 7) is 1.31.